The normalized spacial score (nSPS) is 10.9. The van der Waals surface area contributed by atoms with E-state index in [0.717, 1.165) is 35.7 Å². The number of aromatic amines is 1. The molecule has 1 aromatic carbocycles. The summed E-state index contributed by atoms with van der Waals surface area (Å²) in [4.78, 5) is 11.4. The molecule has 23 heavy (non-hydrogen) atoms. The van der Waals surface area contributed by atoms with Crippen molar-refractivity contribution in [1.82, 2.24) is 25.0 Å². The molecule has 6 heteroatoms. The second kappa shape index (κ2) is 6.16. The van der Waals surface area contributed by atoms with Crippen molar-refractivity contribution >= 4 is 5.78 Å². The summed E-state index contributed by atoms with van der Waals surface area (Å²) >= 11 is 0. The smallest absolute Gasteiger partial charge is 0.159 e. The van der Waals surface area contributed by atoms with Gasteiger partial charge in [-0.25, -0.2) is 0 Å². The van der Waals surface area contributed by atoms with Crippen molar-refractivity contribution in [1.29, 1.82) is 0 Å². The first-order chi connectivity index (χ1) is 11.1. The Morgan fingerprint density at radius 1 is 1.17 bits per heavy atom. The number of carbonyl (C=O) groups is 1. The Kier molecular flexibility index (Phi) is 4.06. The van der Waals surface area contributed by atoms with Gasteiger partial charge in [-0.2, -0.15) is 5.10 Å². The number of hydrogen-bond acceptors (Lipinski definition) is 4. The van der Waals surface area contributed by atoms with E-state index in [-0.39, 0.29) is 5.78 Å². The predicted octanol–water partition coefficient (Wildman–Crippen LogP) is 2.60. The van der Waals surface area contributed by atoms with Gasteiger partial charge in [0.05, 0.1) is 5.69 Å². The van der Waals surface area contributed by atoms with Crippen LogP contribution in [-0.2, 0) is 12.8 Å². The zero-order valence-electron chi connectivity index (χ0n) is 13.5. The number of carbonyl (C=O) groups excluding carboxylic acids is 1. The van der Waals surface area contributed by atoms with E-state index in [4.69, 9.17) is 0 Å². The quantitative estimate of drug-likeness (QED) is 0.735. The average molecular weight is 309 g/mol. The summed E-state index contributed by atoms with van der Waals surface area (Å²) in [7, 11) is 0. The summed E-state index contributed by atoms with van der Waals surface area (Å²) in [5.41, 5.74) is 5.01. The maximum Gasteiger partial charge on any atom is 0.159 e. The lowest BCUT2D eigenvalue weighted by molar-refractivity contribution is 0.101. The highest BCUT2D eigenvalue weighted by atomic mass is 16.1. The molecule has 0 aliphatic rings. The van der Waals surface area contributed by atoms with Crippen LogP contribution in [0.5, 0.6) is 0 Å². The van der Waals surface area contributed by atoms with Crippen molar-refractivity contribution in [3.05, 3.63) is 58.9 Å². The van der Waals surface area contributed by atoms with Gasteiger partial charge < -0.3 is 0 Å². The van der Waals surface area contributed by atoms with Crippen LogP contribution in [-0.4, -0.2) is 30.7 Å². The number of aromatic nitrogens is 5. The molecule has 0 fully saturated rings. The molecule has 0 spiro atoms. The van der Waals surface area contributed by atoms with E-state index in [1.54, 1.807) is 13.3 Å². The summed E-state index contributed by atoms with van der Waals surface area (Å²) in [6.45, 7) is 5.60. The molecule has 3 aromatic rings. The first kappa shape index (κ1) is 15.1. The minimum absolute atomic E-state index is 0.0615. The van der Waals surface area contributed by atoms with Gasteiger partial charge in [0.1, 0.15) is 12.2 Å². The molecule has 2 heterocycles. The standard InChI is InChI=1S/C17H19N5O/c1-11-16(12(2)20-19-11)8-9-17-21-18-10-22(17)15-6-4-14(5-7-15)13(3)23/h4-7,10H,8-9H2,1-3H3,(H,19,20). The van der Waals surface area contributed by atoms with Crippen LogP contribution in [0.15, 0.2) is 30.6 Å². The van der Waals surface area contributed by atoms with Crippen molar-refractivity contribution < 1.29 is 4.79 Å². The summed E-state index contributed by atoms with van der Waals surface area (Å²) in [5, 5.41) is 15.5. The van der Waals surface area contributed by atoms with Crippen molar-refractivity contribution in [2.24, 2.45) is 0 Å². The highest BCUT2D eigenvalue weighted by Crippen LogP contribution is 2.16. The highest BCUT2D eigenvalue weighted by molar-refractivity contribution is 5.94. The maximum absolute atomic E-state index is 11.4. The van der Waals surface area contributed by atoms with Crippen LogP contribution in [0.1, 0.15) is 40.1 Å². The van der Waals surface area contributed by atoms with Crippen molar-refractivity contribution in [2.75, 3.05) is 0 Å². The van der Waals surface area contributed by atoms with Gasteiger partial charge in [0.25, 0.3) is 0 Å². The number of H-pyrrole nitrogens is 1. The van der Waals surface area contributed by atoms with Gasteiger partial charge in [-0.15, -0.1) is 10.2 Å². The molecule has 0 aliphatic carbocycles. The number of nitrogens with one attached hydrogen (secondary N) is 1. The van der Waals surface area contributed by atoms with E-state index in [0.29, 0.717) is 5.56 Å². The van der Waals surface area contributed by atoms with Gasteiger partial charge in [-0.05, 0) is 57.0 Å². The molecule has 0 saturated heterocycles. The van der Waals surface area contributed by atoms with Crippen molar-refractivity contribution in [3.63, 3.8) is 0 Å². The summed E-state index contributed by atoms with van der Waals surface area (Å²) in [5.74, 6) is 0.951. The fourth-order valence-corrected chi connectivity index (χ4v) is 2.68. The molecule has 1 N–H and O–H groups in total. The number of Topliss-reactive ketones (excluding diaryl/α,β-unsaturated/α-hetero) is 1. The van der Waals surface area contributed by atoms with E-state index < -0.39 is 0 Å². The second-order valence-corrected chi connectivity index (χ2v) is 5.63. The SMILES string of the molecule is CC(=O)c1ccc(-n2cnnc2CCc2c(C)n[nH]c2C)cc1. The summed E-state index contributed by atoms with van der Waals surface area (Å²) in [6.07, 6.45) is 3.33. The lowest BCUT2D eigenvalue weighted by atomic mass is 10.1. The summed E-state index contributed by atoms with van der Waals surface area (Å²) in [6, 6.07) is 7.48. The van der Waals surface area contributed by atoms with E-state index in [1.807, 2.05) is 42.7 Å². The van der Waals surface area contributed by atoms with Gasteiger partial charge in [0, 0.05) is 23.4 Å². The monoisotopic (exact) mass is 309 g/mol. The molecule has 118 valence electrons. The molecule has 3 rings (SSSR count). The molecule has 2 aromatic heterocycles. The number of hydrogen-bond donors (Lipinski definition) is 1. The van der Waals surface area contributed by atoms with E-state index in [2.05, 4.69) is 20.4 Å². The lowest BCUT2D eigenvalue weighted by Gasteiger charge is -2.07. The Morgan fingerprint density at radius 2 is 1.91 bits per heavy atom. The molecule has 0 aliphatic heterocycles. The zero-order valence-corrected chi connectivity index (χ0v) is 13.5. The highest BCUT2D eigenvalue weighted by Gasteiger charge is 2.11. The molecule has 6 nitrogen and oxygen atoms in total. The Balaban J connectivity index is 1.81. The first-order valence-electron chi connectivity index (χ1n) is 7.57. The van der Waals surface area contributed by atoms with E-state index >= 15 is 0 Å². The van der Waals surface area contributed by atoms with E-state index in [9.17, 15) is 4.79 Å². The molecular formula is C17H19N5O. The number of nitrogens with zero attached hydrogens (tertiary/aromatic N) is 4. The van der Waals surface area contributed by atoms with Gasteiger partial charge in [0.15, 0.2) is 5.78 Å². The van der Waals surface area contributed by atoms with Crippen LogP contribution in [0.3, 0.4) is 0 Å². The van der Waals surface area contributed by atoms with Gasteiger partial charge in [-0.1, -0.05) is 0 Å². The molecule has 0 amide bonds. The van der Waals surface area contributed by atoms with Gasteiger partial charge in [0.2, 0.25) is 0 Å². The van der Waals surface area contributed by atoms with Gasteiger partial charge in [-0.3, -0.25) is 14.5 Å². The first-order valence-corrected chi connectivity index (χ1v) is 7.57. The molecular weight excluding hydrogens is 290 g/mol. The largest absolute Gasteiger partial charge is 0.295 e. The maximum atomic E-state index is 11.4. The van der Waals surface area contributed by atoms with Crippen LogP contribution in [0.4, 0.5) is 0 Å². The van der Waals surface area contributed by atoms with Crippen molar-refractivity contribution in [3.8, 4) is 5.69 Å². The van der Waals surface area contributed by atoms with Crippen LogP contribution in [0.2, 0.25) is 0 Å². The van der Waals surface area contributed by atoms with Crippen molar-refractivity contribution in [2.45, 2.75) is 33.6 Å². The van der Waals surface area contributed by atoms with E-state index in [1.165, 1.54) is 5.56 Å². The van der Waals surface area contributed by atoms with Crippen LogP contribution >= 0.6 is 0 Å². The summed E-state index contributed by atoms with van der Waals surface area (Å²) < 4.78 is 1.95. The third kappa shape index (κ3) is 3.06. The second-order valence-electron chi connectivity index (χ2n) is 5.63. The Hall–Kier alpha value is -2.76. The average Bonchev–Trinajstić information content (AvgIpc) is 3.13. The minimum Gasteiger partial charge on any atom is -0.295 e. The molecule has 0 saturated carbocycles. The predicted molar refractivity (Wildman–Crippen MR) is 86.8 cm³/mol. The van der Waals surface area contributed by atoms with Crippen LogP contribution < -0.4 is 0 Å². The molecule has 0 bridgehead atoms. The van der Waals surface area contributed by atoms with Crippen LogP contribution in [0.25, 0.3) is 5.69 Å². The third-order valence-corrected chi connectivity index (χ3v) is 4.05. The molecule has 0 radical (unpaired) electrons. The molecule has 0 unspecified atom stereocenters. The topological polar surface area (TPSA) is 76.5 Å². The number of benzene rings is 1. The van der Waals surface area contributed by atoms with Crippen LogP contribution in [0, 0.1) is 13.8 Å². The Bertz CT molecular complexity index is 810. The lowest BCUT2D eigenvalue weighted by Crippen LogP contribution is -2.04. The minimum atomic E-state index is 0.0615. The fraction of sp³-hybridized carbons (Fsp3) is 0.294. The molecule has 0 atom stereocenters. The number of rotatable bonds is 5. The Morgan fingerprint density at radius 3 is 2.52 bits per heavy atom. The third-order valence-electron chi connectivity index (χ3n) is 4.05. The zero-order chi connectivity index (χ0) is 16.4. The fourth-order valence-electron chi connectivity index (χ4n) is 2.68. The Labute approximate surface area is 134 Å². The number of aryl methyl sites for hydroxylation is 3. The number of ketones is 1. The van der Waals surface area contributed by atoms with Gasteiger partial charge >= 0.3 is 0 Å².